The summed E-state index contributed by atoms with van der Waals surface area (Å²) in [4.78, 5) is 11.8. The first-order chi connectivity index (χ1) is 7.33. The van der Waals surface area contributed by atoms with Crippen LogP contribution in [0.2, 0.25) is 0 Å². The lowest BCUT2D eigenvalue weighted by molar-refractivity contribution is 0.274. The van der Waals surface area contributed by atoms with Crippen LogP contribution in [0.3, 0.4) is 0 Å². The molecule has 5 nitrogen and oxygen atoms in total. The summed E-state index contributed by atoms with van der Waals surface area (Å²) in [6, 6.07) is 7.08. The lowest BCUT2D eigenvalue weighted by Crippen LogP contribution is -2.24. The molecule has 0 fully saturated rings. The Kier molecular flexibility index (Phi) is 2.73. The fourth-order valence-corrected chi connectivity index (χ4v) is 1.39. The molecule has 0 aliphatic heterocycles. The van der Waals surface area contributed by atoms with E-state index in [4.69, 9.17) is 5.11 Å². The molecule has 1 aromatic heterocycles. The summed E-state index contributed by atoms with van der Waals surface area (Å²) >= 11 is 0. The van der Waals surface area contributed by atoms with Crippen LogP contribution in [-0.2, 0) is 6.54 Å². The zero-order valence-electron chi connectivity index (χ0n) is 8.13. The van der Waals surface area contributed by atoms with Gasteiger partial charge in [0, 0.05) is 13.2 Å². The minimum absolute atomic E-state index is 0.0426. The monoisotopic (exact) mass is 205 g/mol. The lowest BCUT2D eigenvalue weighted by atomic mass is 10.2. The van der Waals surface area contributed by atoms with Crippen molar-refractivity contribution in [3.63, 3.8) is 0 Å². The van der Waals surface area contributed by atoms with E-state index in [9.17, 15) is 4.79 Å². The van der Waals surface area contributed by atoms with E-state index >= 15 is 0 Å². The Hall–Kier alpha value is -1.75. The lowest BCUT2D eigenvalue weighted by Gasteiger charge is -2.02. The van der Waals surface area contributed by atoms with Gasteiger partial charge in [-0.2, -0.15) is 0 Å². The minimum atomic E-state index is -0.158. The maximum atomic E-state index is 11.8. The number of benzene rings is 1. The molecule has 0 radical (unpaired) electrons. The first kappa shape index (κ1) is 9.79. The number of fused-ring (bicyclic) bond motifs is 1. The Bertz CT molecular complexity index is 521. The first-order valence-corrected chi connectivity index (χ1v) is 4.76. The van der Waals surface area contributed by atoms with Crippen LogP contribution in [0, 0.1) is 0 Å². The summed E-state index contributed by atoms with van der Waals surface area (Å²) in [5.74, 6) is 0. The Balaban J connectivity index is 2.51. The fourth-order valence-electron chi connectivity index (χ4n) is 1.39. The molecule has 0 aliphatic rings. The van der Waals surface area contributed by atoms with E-state index < -0.39 is 0 Å². The molecular weight excluding hydrogens is 194 g/mol. The van der Waals surface area contributed by atoms with Gasteiger partial charge in [0.1, 0.15) is 5.52 Å². The van der Waals surface area contributed by atoms with E-state index in [2.05, 4.69) is 10.3 Å². The van der Waals surface area contributed by atoms with Crippen LogP contribution >= 0.6 is 0 Å². The predicted octanol–water partition coefficient (Wildman–Crippen LogP) is 0.174. The van der Waals surface area contributed by atoms with E-state index in [1.165, 1.54) is 4.68 Å². The van der Waals surface area contributed by atoms with Crippen molar-refractivity contribution in [2.75, 3.05) is 6.61 Å². The zero-order chi connectivity index (χ0) is 10.7. The van der Waals surface area contributed by atoms with Gasteiger partial charge in [-0.1, -0.05) is 17.3 Å². The summed E-state index contributed by atoms with van der Waals surface area (Å²) in [6.07, 6.45) is 0.507. The van der Waals surface area contributed by atoms with Gasteiger partial charge in [0.2, 0.25) is 0 Å². The molecule has 0 atom stereocenters. The van der Waals surface area contributed by atoms with Crippen molar-refractivity contribution in [3.8, 4) is 0 Å². The van der Waals surface area contributed by atoms with E-state index in [1.54, 1.807) is 18.2 Å². The van der Waals surface area contributed by atoms with Crippen molar-refractivity contribution in [2.45, 2.75) is 13.0 Å². The number of hydrogen-bond donors (Lipinski definition) is 1. The second kappa shape index (κ2) is 4.18. The topological polar surface area (TPSA) is 68.0 Å². The number of nitrogens with zero attached hydrogens (tertiary/aromatic N) is 3. The van der Waals surface area contributed by atoms with Gasteiger partial charge in [0.25, 0.3) is 5.56 Å². The van der Waals surface area contributed by atoms with Gasteiger partial charge < -0.3 is 5.11 Å². The maximum Gasteiger partial charge on any atom is 0.277 e. The highest BCUT2D eigenvalue weighted by atomic mass is 16.3. The molecule has 15 heavy (non-hydrogen) atoms. The van der Waals surface area contributed by atoms with Crippen molar-refractivity contribution < 1.29 is 5.11 Å². The van der Waals surface area contributed by atoms with Crippen molar-refractivity contribution in [1.29, 1.82) is 0 Å². The predicted molar refractivity (Wildman–Crippen MR) is 55.5 cm³/mol. The molecule has 2 aromatic rings. The standard InChI is InChI=1S/C10H11N3O2/c14-7-3-6-13-10(15)8-4-1-2-5-9(8)11-12-13/h1-2,4-5,14H,3,6-7H2. The molecular formula is C10H11N3O2. The molecule has 5 heteroatoms. The van der Waals surface area contributed by atoms with Crippen LogP contribution in [0.25, 0.3) is 10.9 Å². The SMILES string of the molecule is O=c1c2ccccc2nnn1CCCO. The Morgan fingerprint density at radius 3 is 2.93 bits per heavy atom. The van der Waals surface area contributed by atoms with E-state index in [-0.39, 0.29) is 12.2 Å². The smallest absolute Gasteiger partial charge is 0.277 e. The van der Waals surface area contributed by atoms with Gasteiger partial charge in [-0.15, -0.1) is 5.10 Å². The van der Waals surface area contributed by atoms with Crippen molar-refractivity contribution in [1.82, 2.24) is 15.0 Å². The quantitative estimate of drug-likeness (QED) is 0.775. The number of rotatable bonds is 3. The Labute approximate surface area is 86.0 Å². The molecule has 0 saturated carbocycles. The summed E-state index contributed by atoms with van der Waals surface area (Å²) in [5, 5.41) is 16.9. The third-order valence-electron chi connectivity index (χ3n) is 2.16. The van der Waals surface area contributed by atoms with E-state index in [1.807, 2.05) is 6.07 Å². The zero-order valence-corrected chi connectivity index (χ0v) is 8.13. The highest BCUT2D eigenvalue weighted by Gasteiger charge is 2.03. The van der Waals surface area contributed by atoms with Gasteiger partial charge in [0.05, 0.1) is 5.39 Å². The molecule has 0 bridgehead atoms. The van der Waals surface area contributed by atoms with Crippen molar-refractivity contribution >= 4 is 10.9 Å². The van der Waals surface area contributed by atoms with Gasteiger partial charge in [-0.3, -0.25) is 4.79 Å². The van der Waals surface area contributed by atoms with Gasteiger partial charge in [0.15, 0.2) is 0 Å². The van der Waals surface area contributed by atoms with Crippen molar-refractivity contribution in [3.05, 3.63) is 34.6 Å². The van der Waals surface area contributed by atoms with E-state index in [0.717, 1.165) is 0 Å². The third-order valence-corrected chi connectivity index (χ3v) is 2.16. The normalized spacial score (nSPS) is 10.7. The largest absolute Gasteiger partial charge is 0.396 e. The molecule has 0 aliphatic carbocycles. The fraction of sp³-hybridized carbons (Fsp3) is 0.300. The number of aliphatic hydroxyl groups is 1. The summed E-state index contributed by atoms with van der Waals surface area (Å²) in [5.41, 5.74) is 0.441. The Morgan fingerprint density at radius 2 is 2.13 bits per heavy atom. The van der Waals surface area contributed by atoms with Gasteiger partial charge in [-0.25, -0.2) is 4.68 Å². The summed E-state index contributed by atoms with van der Waals surface area (Å²) < 4.78 is 1.28. The average molecular weight is 205 g/mol. The molecule has 1 N–H and O–H groups in total. The van der Waals surface area contributed by atoms with Gasteiger partial charge >= 0.3 is 0 Å². The highest BCUT2D eigenvalue weighted by molar-refractivity contribution is 5.76. The number of aliphatic hydroxyl groups excluding tert-OH is 1. The number of hydrogen-bond acceptors (Lipinski definition) is 4. The van der Waals surface area contributed by atoms with Crippen LogP contribution in [0.5, 0.6) is 0 Å². The molecule has 0 spiro atoms. The second-order valence-corrected chi connectivity index (χ2v) is 3.21. The number of aryl methyl sites for hydroxylation is 1. The molecule has 0 amide bonds. The number of aromatic nitrogens is 3. The molecule has 0 unspecified atom stereocenters. The van der Waals surface area contributed by atoms with Crippen LogP contribution in [0.4, 0.5) is 0 Å². The van der Waals surface area contributed by atoms with Crippen molar-refractivity contribution in [2.24, 2.45) is 0 Å². The molecule has 78 valence electrons. The average Bonchev–Trinajstić information content (AvgIpc) is 2.29. The van der Waals surface area contributed by atoms with E-state index in [0.29, 0.717) is 23.9 Å². The summed E-state index contributed by atoms with van der Waals surface area (Å²) in [6.45, 7) is 0.439. The van der Waals surface area contributed by atoms with Crippen LogP contribution in [0.1, 0.15) is 6.42 Å². The molecule has 2 rings (SSSR count). The third kappa shape index (κ3) is 1.87. The minimum Gasteiger partial charge on any atom is -0.396 e. The molecule has 1 aromatic carbocycles. The van der Waals surface area contributed by atoms with Crippen LogP contribution in [-0.4, -0.2) is 26.7 Å². The Morgan fingerprint density at radius 1 is 1.33 bits per heavy atom. The summed E-state index contributed by atoms with van der Waals surface area (Å²) in [7, 11) is 0. The maximum absolute atomic E-state index is 11.8. The van der Waals surface area contributed by atoms with Crippen LogP contribution in [0.15, 0.2) is 29.1 Å². The molecule has 0 saturated heterocycles. The van der Waals surface area contributed by atoms with Gasteiger partial charge in [-0.05, 0) is 18.6 Å². The highest BCUT2D eigenvalue weighted by Crippen LogP contribution is 2.03. The van der Waals surface area contributed by atoms with Crippen LogP contribution < -0.4 is 5.56 Å². The second-order valence-electron chi connectivity index (χ2n) is 3.21. The first-order valence-electron chi connectivity index (χ1n) is 4.76. The molecule has 1 heterocycles.